The summed E-state index contributed by atoms with van der Waals surface area (Å²) in [6.07, 6.45) is -9.56. The van der Waals surface area contributed by atoms with E-state index < -0.39 is 23.9 Å². The first-order chi connectivity index (χ1) is 12.3. The van der Waals surface area contributed by atoms with Crippen molar-refractivity contribution in [3.05, 3.63) is 58.1 Å². The fourth-order valence-corrected chi connectivity index (χ4v) is 1.99. The van der Waals surface area contributed by atoms with Crippen LogP contribution in [0, 0.1) is 0 Å². The van der Waals surface area contributed by atoms with Gasteiger partial charge in [0.05, 0.1) is 5.56 Å². The number of ether oxygens (including phenoxy) is 1. The Kier molecular flexibility index (Phi) is 7.66. The monoisotopic (exact) mass is 459 g/mol. The molecule has 0 fully saturated rings. The number of nitrogens with two attached hydrogens (primary N) is 1. The number of hydrogen-bond acceptors (Lipinski definition) is 3. The maximum Gasteiger partial charge on any atom is 0.490 e. The van der Waals surface area contributed by atoms with E-state index in [9.17, 15) is 26.3 Å². The van der Waals surface area contributed by atoms with E-state index in [0.717, 1.165) is 11.6 Å². The van der Waals surface area contributed by atoms with Crippen LogP contribution in [0.3, 0.4) is 0 Å². The maximum atomic E-state index is 12.9. The first-order valence-electron chi connectivity index (χ1n) is 6.98. The normalized spacial score (nSPS) is 11.4. The first-order valence-corrected chi connectivity index (χ1v) is 7.77. The number of rotatable bonds is 3. The average Bonchev–Trinajstić information content (AvgIpc) is 2.56. The number of hydrogen-bond donors (Lipinski definition) is 2. The molecule has 0 atom stereocenters. The van der Waals surface area contributed by atoms with Gasteiger partial charge in [-0.25, -0.2) is 4.79 Å². The molecule has 3 N–H and O–H groups in total. The summed E-state index contributed by atoms with van der Waals surface area (Å²) in [5, 5.41) is 7.12. The summed E-state index contributed by atoms with van der Waals surface area (Å²) >= 11 is 3.02. The molecule has 2 aromatic rings. The van der Waals surface area contributed by atoms with Gasteiger partial charge in [0.2, 0.25) is 0 Å². The molecule has 2 rings (SSSR count). The number of aliphatic carboxylic acids is 1. The van der Waals surface area contributed by atoms with Gasteiger partial charge in [-0.3, -0.25) is 0 Å². The molecule has 4 nitrogen and oxygen atoms in total. The van der Waals surface area contributed by atoms with Gasteiger partial charge in [-0.15, -0.1) is 0 Å². The van der Waals surface area contributed by atoms with Crippen LogP contribution in [0.2, 0.25) is 0 Å². The smallest absolute Gasteiger partial charge is 0.475 e. The van der Waals surface area contributed by atoms with Gasteiger partial charge in [-0.1, -0.05) is 28.1 Å². The molecule has 0 saturated heterocycles. The lowest BCUT2D eigenvalue weighted by atomic mass is 10.2. The molecule has 0 heterocycles. The summed E-state index contributed by atoms with van der Waals surface area (Å²) in [4.78, 5) is 8.90. The summed E-state index contributed by atoms with van der Waals surface area (Å²) in [5.41, 5.74) is 5.51. The molecule has 0 unspecified atom stereocenters. The predicted molar refractivity (Wildman–Crippen MR) is 87.2 cm³/mol. The van der Waals surface area contributed by atoms with E-state index in [4.69, 9.17) is 20.4 Å². The molecule has 2 aromatic carbocycles. The number of benzene rings is 2. The highest BCUT2D eigenvalue weighted by molar-refractivity contribution is 9.10. The quantitative estimate of drug-likeness (QED) is 0.606. The molecule has 27 heavy (non-hydrogen) atoms. The predicted octanol–water partition coefficient (Wildman–Crippen LogP) is 5.35. The van der Waals surface area contributed by atoms with E-state index in [1.807, 2.05) is 0 Å². The van der Waals surface area contributed by atoms with Crippen LogP contribution in [0.5, 0.6) is 11.5 Å². The third-order valence-electron chi connectivity index (χ3n) is 2.88. The number of carboxylic acids is 1. The van der Waals surface area contributed by atoms with Gasteiger partial charge in [0.15, 0.2) is 0 Å². The highest BCUT2D eigenvalue weighted by Gasteiger charge is 2.38. The topological polar surface area (TPSA) is 72.5 Å². The molecule has 0 aromatic heterocycles. The summed E-state index contributed by atoms with van der Waals surface area (Å²) in [5.74, 6) is -2.66. The van der Waals surface area contributed by atoms with Gasteiger partial charge < -0.3 is 15.6 Å². The third kappa shape index (κ3) is 7.47. The van der Waals surface area contributed by atoms with E-state index in [0.29, 0.717) is 16.8 Å². The largest absolute Gasteiger partial charge is 0.490 e. The van der Waals surface area contributed by atoms with Gasteiger partial charge in [0, 0.05) is 11.0 Å². The van der Waals surface area contributed by atoms with Crippen LogP contribution >= 0.6 is 15.9 Å². The Morgan fingerprint density at radius 1 is 1.04 bits per heavy atom. The van der Waals surface area contributed by atoms with Gasteiger partial charge in [0.1, 0.15) is 11.5 Å². The summed E-state index contributed by atoms with van der Waals surface area (Å²) in [6.45, 7) is 0.367. The Bertz CT molecular complexity index is 775. The van der Waals surface area contributed by atoms with Crippen molar-refractivity contribution >= 4 is 21.9 Å². The Morgan fingerprint density at radius 2 is 1.56 bits per heavy atom. The lowest BCUT2D eigenvalue weighted by molar-refractivity contribution is -0.192. The van der Waals surface area contributed by atoms with E-state index >= 15 is 0 Å². The Balaban J connectivity index is 0.000000445. The molecular weight excluding hydrogens is 448 g/mol. The van der Waals surface area contributed by atoms with Crippen molar-refractivity contribution < 1.29 is 41.0 Å². The lowest BCUT2D eigenvalue weighted by Gasteiger charge is -2.14. The van der Waals surface area contributed by atoms with Crippen molar-refractivity contribution in [2.75, 3.05) is 0 Å². The van der Waals surface area contributed by atoms with E-state index in [2.05, 4.69) is 15.9 Å². The summed E-state index contributed by atoms with van der Waals surface area (Å²) in [6, 6.07) is 10.4. The highest BCUT2D eigenvalue weighted by atomic mass is 79.9. The van der Waals surface area contributed by atoms with Crippen molar-refractivity contribution in [2.24, 2.45) is 5.73 Å². The van der Waals surface area contributed by atoms with Gasteiger partial charge >= 0.3 is 18.3 Å². The maximum absolute atomic E-state index is 12.9. The molecule has 0 aliphatic heterocycles. The summed E-state index contributed by atoms with van der Waals surface area (Å²) < 4.78 is 76.2. The van der Waals surface area contributed by atoms with E-state index in [-0.39, 0.29) is 5.75 Å². The van der Waals surface area contributed by atoms with Crippen LogP contribution in [0.15, 0.2) is 46.9 Å². The fourth-order valence-electron chi connectivity index (χ4n) is 1.63. The molecule has 0 aliphatic rings. The molecule has 0 saturated carbocycles. The molecule has 0 aliphatic carbocycles. The molecule has 11 heteroatoms. The van der Waals surface area contributed by atoms with Crippen molar-refractivity contribution in [1.29, 1.82) is 0 Å². The molecule has 0 amide bonds. The molecule has 0 spiro atoms. The van der Waals surface area contributed by atoms with Gasteiger partial charge in [-0.2, -0.15) is 26.3 Å². The average molecular weight is 460 g/mol. The van der Waals surface area contributed by atoms with Gasteiger partial charge in [-0.05, 0) is 35.9 Å². The second-order valence-corrected chi connectivity index (χ2v) is 5.81. The fraction of sp³-hybridized carbons (Fsp3) is 0.188. The highest BCUT2D eigenvalue weighted by Crippen LogP contribution is 2.39. The number of halogens is 7. The van der Waals surface area contributed by atoms with Crippen LogP contribution in [-0.4, -0.2) is 17.3 Å². The zero-order valence-electron chi connectivity index (χ0n) is 13.2. The minimum Gasteiger partial charge on any atom is -0.475 e. The number of carboxylic acid groups (broad SMARTS) is 1. The zero-order chi connectivity index (χ0) is 20.8. The van der Waals surface area contributed by atoms with Crippen LogP contribution in [-0.2, 0) is 17.5 Å². The van der Waals surface area contributed by atoms with Crippen molar-refractivity contribution in [2.45, 2.75) is 18.9 Å². The molecule has 0 bridgehead atoms. The SMILES string of the molecule is NCc1ccc(Oc2ccc(Br)cc2C(F)(F)F)cc1.O=C(O)C(F)(F)F. The van der Waals surface area contributed by atoms with Gasteiger partial charge in [0.25, 0.3) is 0 Å². The third-order valence-corrected chi connectivity index (χ3v) is 3.37. The van der Waals surface area contributed by atoms with Crippen LogP contribution in [0.4, 0.5) is 26.3 Å². The van der Waals surface area contributed by atoms with Crippen LogP contribution < -0.4 is 10.5 Å². The minimum absolute atomic E-state index is 0.235. The summed E-state index contributed by atoms with van der Waals surface area (Å²) in [7, 11) is 0. The first kappa shape index (κ1) is 22.8. The Labute approximate surface area is 157 Å². The van der Waals surface area contributed by atoms with E-state index in [1.165, 1.54) is 12.1 Å². The van der Waals surface area contributed by atoms with E-state index in [1.54, 1.807) is 24.3 Å². The molecule has 0 radical (unpaired) electrons. The van der Waals surface area contributed by atoms with Crippen molar-refractivity contribution in [3.63, 3.8) is 0 Å². The zero-order valence-corrected chi connectivity index (χ0v) is 14.8. The molecular formula is C16H12BrF6NO3. The van der Waals surface area contributed by atoms with Crippen LogP contribution in [0.1, 0.15) is 11.1 Å². The minimum atomic E-state index is -5.08. The lowest BCUT2D eigenvalue weighted by Crippen LogP contribution is -2.21. The van der Waals surface area contributed by atoms with Crippen LogP contribution in [0.25, 0.3) is 0 Å². The second kappa shape index (κ2) is 9.09. The number of alkyl halides is 6. The second-order valence-electron chi connectivity index (χ2n) is 4.89. The molecule has 148 valence electrons. The van der Waals surface area contributed by atoms with Crippen molar-refractivity contribution in [3.8, 4) is 11.5 Å². The Morgan fingerprint density at radius 3 is 1.96 bits per heavy atom. The number of carbonyl (C=O) groups is 1. The standard InChI is InChI=1S/C14H11BrF3NO.C2HF3O2/c15-10-3-6-13(12(7-10)14(16,17)18)20-11-4-1-9(8-19)2-5-11;3-2(4,5)1(6)7/h1-7H,8,19H2;(H,6,7). The van der Waals surface area contributed by atoms with Crippen molar-refractivity contribution in [1.82, 2.24) is 0 Å². The Hall–Kier alpha value is -2.27.